The smallest absolute Gasteiger partial charge is 0.150 e. The van der Waals surface area contributed by atoms with Gasteiger partial charge in [0.25, 0.3) is 0 Å². The van der Waals surface area contributed by atoms with Gasteiger partial charge in [0.05, 0.1) is 17.9 Å². The van der Waals surface area contributed by atoms with E-state index in [1.165, 1.54) is 6.42 Å². The summed E-state index contributed by atoms with van der Waals surface area (Å²) in [6.07, 6.45) is 6.97. The van der Waals surface area contributed by atoms with Crippen molar-refractivity contribution in [1.82, 2.24) is 9.78 Å². The summed E-state index contributed by atoms with van der Waals surface area (Å²) in [4.78, 5) is 0. The van der Waals surface area contributed by atoms with Gasteiger partial charge in [-0.3, -0.25) is 0 Å². The van der Waals surface area contributed by atoms with Gasteiger partial charge in [-0.15, -0.1) is 0 Å². The Hall–Kier alpha value is -1.88. The minimum absolute atomic E-state index is 0.0524. The lowest BCUT2D eigenvalue weighted by atomic mass is 10.1. The SMILES string of the molecule is Cc1cc2cnn(C3CCCCO3)c2cc1C=NN. The average molecular weight is 258 g/mol. The minimum atomic E-state index is 0.0524. The average Bonchev–Trinajstić information content (AvgIpc) is 2.83. The Morgan fingerprint density at radius 3 is 3.11 bits per heavy atom. The van der Waals surface area contributed by atoms with Crippen LogP contribution in [0.4, 0.5) is 0 Å². The first kappa shape index (κ1) is 12.2. The molecule has 100 valence electrons. The fourth-order valence-corrected chi connectivity index (χ4v) is 2.59. The molecule has 5 heteroatoms. The fourth-order valence-electron chi connectivity index (χ4n) is 2.59. The molecule has 1 saturated heterocycles. The predicted octanol–water partition coefficient (Wildman–Crippen LogP) is 2.34. The number of hydrazone groups is 1. The van der Waals surface area contributed by atoms with Crippen molar-refractivity contribution in [1.29, 1.82) is 0 Å². The van der Waals surface area contributed by atoms with Crippen LogP contribution in [0, 0.1) is 6.92 Å². The first-order valence-corrected chi connectivity index (χ1v) is 6.62. The zero-order chi connectivity index (χ0) is 13.2. The van der Waals surface area contributed by atoms with Crippen molar-refractivity contribution in [3.05, 3.63) is 29.5 Å². The first-order valence-electron chi connectivity index (χ1n) is 6.62. The highest BCUT2D eigenvalue weighted by molar-refractivity contribution is 5.90. The van der Waals surface area contributed by atoms with E-state index in [4.69, 9.17) is 10.6 Å². The summed E-state index contributed by atoms with van der Waals surface area (Å²) < 4.78 is 7.78. The number of aromatic nitrogens is 2. The minimum Gasteiger partial charge on any atom is -0.356 e. The summed E-state index contributed by atoms with van der Waals surface area (Å²) in [5.74, 6) is 5.25. The third kappa shape index (κ3) is 2.21. The van der Waals surface area contributed by atoms with Gasteiger partial charge in [0.15, 0.2) is 6.23 Å². The Balaban J connectivity index is 2.07. The molecule has 2 heterocycles. The van der Waals surface area contributed by atoms with Gasteiger partial charge in [-0.05, 0) is 49.4 Å². The Morgan fingerprint density at radius 2 is 2.37 bits per heavy atom. The summed E-state index contributed by atoms with van der Waals surface area (Å²) in [5.41, 5.74) is 3.24. The third-order valence-electron chi connectivity index (χ3n) is 3.63. The lowest BCUT2D eigenvalue weighted by molar-refractivity contribution is -0.0366. The maximum atomic E-state index is 5.80. The summed E-state index contributed by atoms with van der Waals surface area (Å²) in [5, 5.41) is 9.22. The van der Waals surface area contributed by atoms with Crippen molar-refractivity contribution in [2.45, 2.75) is 32.4 Å². The first-order chi connectivity index (χ1) is 9.29. The summed E-state index contributed by atoms with van der Waals surface area (Å²) in [6, 6.07) is 4.19. The Morgan fingerprint density at radius 1 is 1.47 bits per heavy atom. The van der Waals surface area contributed by atoms with E-state index in [9.17, 15) is 0 Å². The van der Waals surface area contributed by atoms with Crippen molar-refractivity contribution >= 4 is 17.1 Å². The molecule has 2 N–H and O–H groups in total. The molecule has 0 amide bonds. The predicted molar refractivity (Wildman–Crippen MR) is 75.1 cm³/mol. The van der Waals surface area contributed by atoms with E-state index in [0.717, 1.165) is 41.5 Å². The molecule has 0 radical (unpaired) electrons. The number of hydrogen-bond donors (Lipinski definition) is 1. The van der Waals surface area contributed by atoms with Gasteiger partial charge >= 0.3 is 0 Å². The number of ether oxygens (including phenoxy) is 1. The van der Waals surface area contributed by atoms with E-state index >= 15 is 0 Å². The van der Waals surface area contributed by atoms with Crippen LogP contribution in [0.3, 0.4) is 0 Å². The lowest BCUT2D eigenvalue weighted by Gasteiger charge is -2.23. The maximum Gasteiger partial charge on any atom is 0.150 e. The highest BCUT2D eigenvalue weighted by Crippen LogP contribution is 2.27. The molecule has 1 fully saturated rings. The number of benzene rings is 1. The largest absolute Gasteiger partial charge is 0.356 e. The lowest BCUT2D eigenvalue weighted by Crippen LogP contribution is -2.19. The van der Waals surface area contributed by atoms with Crippen molar-refractivity contribution < 1.29 is 4.74 Å². The molecule has 1 aliphatic heterocycles. The molecular weight excluding hydrogens is 240 g/mol. The van der Waals surface area contributed by atoms with Crippen LogP contribution in [0.1, 0.15) is 36.6 Å². The zero-order valence-electron chi connectivity index (χ0n) is 11.0. The van der Waals surface area contributed by atoms with E-state index in [-0.39, 0.29) is 6.23 Å². The van der Waals surface area contributed by atoms with Crippen LogP contribution in [-0.4, -0.2) is 22.6 Å². The van der Waals surface area contributed by atoms with E-state index in [2.05, 4.69) is 22.3 Å². The highest BCUT2D eigenvalue weighted by Gasteiger charge is 2.18. The molecule has 1 unspecified atom stereocenters. The van der Waals surface area contributed by atoms with Crippen LogP contribution < -0.4 is 5.84 Å². The molecule has 0 aliphatic carbocycles. The molecule has 1 aliphatic rings. The summed E-state index contributed by atoms with van der Waals surface area (Å²) in [6.45, 7) is 2.86. The molecule has 1 atom stereocenters. The molecule has 3 rings (SSSR count). The van der Waals surface area contributed by atoms with Gasteiger partial charge in [-0.25, -0.2) is 4.68 Å². The number of nitrogens with two attached hydrogens (primary N) is 1. The number of fused-ring (bicyclic) bond motifs is 1. The monoisotopic (exact) mass is 258 g/mol. The molecular formula is C14H18N4O. The molecule has 2 aromatic rings. The van der Waals surface area contributed by atoms with Crippen LogP contribution in [0.25, 0.3) is 10.9 Å². The van der Waals surface area contributed by atoms with Gasteiger partial charge in [-0.2, -0.15) is 10.2 Å². The standard InChI is InChI=1S/C14H18N4O/c1-10-6-12-9-17-18(14-4-2-3-5-19-14)13(12)7-11(10)8-16-15/h6-9,14H,2-5,15H2,1H3. The number of rotatable bonds is 2. The fraction of sp³-hybridized carbons (Fsp3) is 0.429. The molecule has 0 bridgehead atoms. The van der Waals surface area contributed by atoms with Crippen molar-refractivity contribution in [2.24, 2.45) is 10.9 Å². The van der Waals surface area contributed by atoms with Gasteiger partial charge in [-0.1, -0.05) is 0 Å². The van der Waals surface area contributed by atoms with E-state index < -0.39 is 0 Å². The van der Waals surface area contributed by atoms with Crippen LogP contribution in [0.2, 0.25) is 0 Å². The maximum absolute atomic E-state index is 5.80. The number of hydrogen-bond acceptors (Lipinski definition) is 4. The van der Waals surface area contributed by atoms with Gasteiger partial charge < -0.3 is 10.6 Å². The second kappa shape index (κ2) is 5.01. The normalized spacial score (nSPS) is 20.4. The van der Waals surface area contributed by atoms with Crippen molar-refractivity contribution in [3.8, 4) is 0 Å². The summed E-state index contributed by atoms with van der Waals surface area (Å²) in [7, 11) is 0. The Kier molecular flexibility index (Phi) is 3.21. The van der Waals surface area contributed by atoms with Gasteiger partial charge in [0.2, 0.25) is 0 Å². The summed E-state index contributed by atoms with van der Waals surface area (Å²) >= 11 is 0. The van der Waals surface area contributed by atoms with Crippen molar-refractivity contribution in [3.63, 3.8) is 0 Å². The third-order valence-corrected chi connectivity index (χ3v) is 3.63. The van der Waals surface area contributed by atoms with Gasteiger partial charge in [0, 0.05) is 12.0 Å². The van der Waals surface area contributed by atoms with Gasteiger partial charge in [0.1, 0.15) is 0 Å². The molecule has 0 saturated carbocycles. The van der Waals surface area contributed by atoms with Crippen LogP contribution in [0.5, 0.6) is 0 Å². The zero-order valence-corrected chi connectivity index (χ0v) is 11.0. The van der Waals surface area contributed by atoms with E-state index in [1.54, 1.807) is 6.21 Å². The highest BCUT2D eigenvalue weighted by atomic mass is 16.5. The van der Waals surface area contributed by atoms with Crippen LogP contribution in [0.15, 0.2) is 23.4 Å². The van der Waals surface area contributed by atoms with E-state index in [1.807, 2.05) is 17.8 Å². The second-order valence-electron chi connectivity index (χ2n) is 4.96. The quantitative estimate of drug-likeness (QED) is 0.511. The van der Waals surface area contributed by atoms with Crippen LogP contribution in [-0.2, 0) is 4.74 Å². The van der Waals surface area contributed by atoms with E-state index in [0.29, 0.717) is 0 Å². The topological polar surface area (TPSA) is 65.4 Å². The number of nitrogens with zero attached hydrogens (tertiary/aromatic N) is 3. The number of aryl methyl sites for hydroxylation is 1. The van der Waals surface area contributed by atoms with Crippen molar-refractivity contribution in [2.75, 3.05) is 6.61 Å². The van der Waals surface area contributed by atoms with Crippen LogP contribution >= 0.6 is 0 Å². The molecule has 1 aromatic heterocycles. The second-order valence-corrected chi connectivity index (χ2v) is 4.96. The molecule has 5 nitrogen and oxygen atoms in total. The Labute approximate surface area is 112 Å². The molecule has 1 aromatic carbocycles. The molecule has 0 spiro atoms. The Bertz CT molecular complexity index is 611. The molecule has 19 heavy (non-hydrogen) atoms.